The van der Waals surface area contributed by atoms with Crippen LogP contribution in [0.2, 0.25) is 0 Å². The van der Waals surface area contributed by atoms with Gasteiger partial charge in [0, 0.05) is 23.3 Å². The van der Waals surface area contributed by atoms with E-state index in [1.807, 2.05) is 36.4 Å². The summed E-state index contributed by atoms with van der Waals surface area (Å²) < 4.78 is 5.70. The van der Waals surface area contributed by atoms with Crippen LogP contribution < -0.4 is 0 Å². The Labute approximate surface area is 133 Å². The number of Topliss-reactive ketones (excluding diaryl/α,β-unsaturated/α-hetero) is 2. The van der Waals surface area contributed by atoms with Gasteiger partial charge in [0.15, 0.2) is 0 Å². The fraction of sp³-hybridized carbons (Fsp3) is 0.200. The van der Waals surface area contributed by atoms with Gasteiger partial charge in [0.2, 0.25) is 0 Å². The molecule has 23 heavy (non-hydrogen) atoms. The van der Waals surface area contributed by atoms with Crippen molar-refractivity contribution >= 4 is 39.4 Å². The van der Waals surface area contributed by atoms with Crippen molar-refractivity contribution in [3.05, 3.63) is 54.3 Å². The van der Waals surface area contributed by atoms with E-state index in [1.165, 1.54) is 0 Å². The summed E-state index contributed by atoms with van der Waals surface area (Å²) in [6, 6.07) is 10.0. The Morgan fingerprint density at radius 3 is 2.78 bits per heavy atom. The second-order valence-electron chi connectivity index (χ2n) is 6.05. The number of fused-ring (bicyclic) bond motifs is 3. The SMILES string of the molecule is C=Cc1cccc2c1ccc1occ(C3CCC(=O)CC3=O)c12. The highest BCUT2D eigenvalue weighted by Crippen LogP contribution is 2.38. The van der Waals surface area contributed by atoms with E-state index in [9.17, 15) is 9.59 Å². The van der Waals surface area contributed by atoms with Crippen LogP contribution in [-0.2, 0) is 9.59 Å². The Balaban J connectivity index is 1.98. The first kappa shape index (κ1) is 13.9. The molecule has 3 heteroatoms. The summed E-state index contributed by atoms with van der Waals surface area (Å²) in [6.07, 6.45) is 4.59. The third-order valence-corrected chi connectivity index (χ3v) is 4.73. The van der Waals surface area contributed by atoms with Crippen LogP contribution in [0.1, 0.15) is 36.3 Å². The maximum atomic E-state index is 12.3. The van der Waals surface area contributed by atoms with E-state index in [1.54, 1.807) is 6.26 Å². The van der Waals surface area contributed by atoms with E-state index in [-0.39, 0.29) is 23.9 Å². The maximum Gasteiger partial charge on any atom is 0.147 e. The first-order chi connectivity index (χ1) is 11.2. The van der Waals surface area contributed by atoms with E-state index in [2.05, 4.69) is 6.58 Å². The van der Waals surface area contributed by atoms with Gasteiger partial charge in [-0.05, 0) is 28.8 Å². The number of carbonyl (C=O) groups is 2. The summed E-state index contributed by atoms with van der Waals surface area (Å²) in [5.41, 5.74) is 2.74. The molecule has 1 fully saturated rings. The highest BCUT2D eigenvalue weighted by atomic mass is 16.3. The molecule has 1 aliphatic carbocycles. The Morgan fingerprint density at radius 1 is 1.13 bits per heavy atom. The summed E-state index contributed by atoms with van der Waals surface area (Å²) in [4.78, 5) is 23.8. The zero-order valence-electron chi connectivity index (χ0n) is 12.7. The molecule has 0 saturated heterocycles. The molecule has 1 unspecified atom stereocenters. The number of rotatable bonds is 2. The van der Waals surface area contributed by atoms with Crippen molar-refractivity contribution in [2.75, 3.05) is 0 Å². The van der Waals surface area contributed by atoms with E-state index < -0.39 is 0 Å². The average molecular weight is 304 g/mol. The Morgan fingerprint density at radius 2 is 2.00 bits per heavy atom. The van der Waals surface area contributed by atoms with Crippen LogP contribution in [0.15, 0.2) is 47.6 Å². The molecule has 1 heterocycles. The smallest absolute Gasteiger partial charge is 0.147 e. The molecule has 1 saturated carbocycles. The van der Waals surface area contributed by atoms with Gasteiger partial charge in [0.05, 0.1) is 12.7 Å². The highest BCUT2D eigenvalue weighted by Gasteiger charge is 2.31. The van der Waals surface area contributed by atoms with E-state index >= 15 is 0 Å². The maximum absolute atomic E-state index is 12.3. The highest BCUT2D eigenvalue weighted by molar-refractivity contribution is 6.12. The predicted octanol–water partition coefficient (Wildman–Crippen LogP) is 4.63. The molecule has 0 radical (unpaired) electrons. The quantitative estimate of drug-likeness (QED) is 0.648. The lowest BCUT2D eigenvalue weighted by Gasteiger charge is -2.19. The third kappa shape index (κ3) is 2.12. The van der Waals surface area contributed by atoms with Crippen LogP contribution in [0, 0.1) is 0 Å². The number of carbonyl (C=O) groups excluding carboxylic acids is 2. The standard InChI is InChI=1S/C20H16O3/c1-2-12-4-3-5-16-14(12)8-9-19-20(16)17(11-23-19)15-7-6-13(21)10-18(15)22/h2-5,8-9,11,15H,1,6-7,10H2. The number of ketones is 2. The van der Waals surface area contributed by atoms with Gasteiger partial charge in [-0.15, -0.1) is 0 Å². The van der Waals surface area contributed by atoms with Crippen LogP contribution in [0.3, 0.4) is 0 Å². The first-order valence-electron chi connectivity index (χ1n) is 7.78. The molecular formula is C20H16O3. The van der Waals surface area contributed by atoms with Crippen molar-refractivity contribution in [3.63, 3.8) is 0 Å². The average Bonchev–Trinajstić information content (AvgIpc) is 2.98. The molecule has 114 valence electrons. The van der Waals surface area contributed by atoms with Crippen LogP contribution in [0.25, 0.3) is 27.8 Å². The summed E-state index contributed by atoms with van der Waals surface area (Å²) >= 11 is 0. The number of furan rings is 1. The Bertz CT molecular complexity index is 962. The minimum Gasteiger partial charge on any atom is -0.464 e. The second kappa shape index (κ2) is 5.20. The largest absolute Gasteiger partial charge is 0.464 e. The molecule has 0 spiro atoms. The van der Waals surface area contributed by atoms with E-state index in [4.69, 9.17) is 4.42 Å². The molecule has 2 aromatic carbocycles. The van der Waals surface area contributed by atoms with Crippen molar-refractivity contribution < 1.29 is 14.0 Å². The summed E-state index contributed by atoms with van der Waals surface area (Å²) in [6.45, 7) is 3.87. The van der Waals surface area contributed by atoms with Crippen molar-refractivity contribution in [2.45, 2.75) is 25.2 Å². The molecule has 0 N–H and O–H groups in total. The molecule has 3 nitrogen and oxygen atoms in total. The van der Waals surface area contributed by atoms with Gasteiger partial charge in [-0.2, -0.15) is 0 Å². The zero-order chi connectivity index (χ0) is 16.0. The van der Waals surface area contributed by atoms with Crippen molar-refractivity contribution in [1.29, 1.82) is 0 Å². The molecule has 1 aliphatic rings. The van der Waals surface area contributed by atoms with Crippen molar-refractivity contribution in [1.82, 2.24) is 0 Å². The molecular weight excluding hydrogens is 288 g/mol. The van der Waals surface area contributed by atoms with E-state index in [0.29, 0.717) is 12.8 Å². The second-order valence-corrected chi connectivity index (χ2v) is 6.05. The predicted molar refractivity (Wildman–Crippen MR) is 90.4 cm³/mol. The van der Waals surface area contributed by atoms with Gasteiger partial charge < -0.3 is 4.42 Å². The molecule has 0 aliphatic heterocycles. The molecule has 4 rings (SSSR count). The number of hydrogen-bond donors (Lipinski definition) is 0. The zero-order valence-corrected chi connectivity index (χ0v) is 12.7. The first-order valence-corrected chi connectivity index (χ1v) is 7.78. The van der Waals surface area contributed by atoms with Gasteiger partial charge in [0.1, 0.15) is 17.1 Å². The lowest BCUT2D eigenvalue weighted by Crippen LogP contribution is -2.23. The molecule has 1 atom stereocenters. The lowest BCUT2D eigenvalue weighted by atomic mass is 9.81. The van der Waals surface area contributed by atoms with Crippen LogP contribution in [0.4, 0.5) is 0 Å². The van der Waals surface area contributed by atoms with Crippen LogP contribution >= 0.6 is 0 Å². The fourth-order valence-electron chi connectivity index (χ4n) is 3.58. The Kier molecular flexibility index (Phi) is 3.15. The van der Waals surface area contributed by atoms with Gasteiger partial charge in [-0.1, -0.05) is 36.9 Å². The Hall–Kier alpha value is -2.68. The van der Waals surface area contributed by atoms with Gasteiger partial charge in [-0.25, -0.2) is 0 Å². The molecule has 1 aromatic heterocycles. The molecule has 3 aromatic rings. The van der Waals surface area contributed by atoms with E-state index in [0.717, 1.165) is 32.9 Å². The summed E-state index contributed by atoms with van der Waals surface area (Å²) in [7, 11) is 0. The normalized spacial score (nSPS) is 18.7. The summed E-state index contributed by atoms with van der Waals surface area (Å²) in [5.74, 6) is -0.203. The topological polar surface area (TPSA) is 47.3 Å². The van der Waals surface area contributed by atoms with Gasteiger partial charge in [-0.3, -0.25) is 9.59 Å². The third-order valence-electron chi connectivity index (χ3n) is 4.73. The monoisotopic (exact) mass is 304 g/mol. The molecule has 0 bridgehead atoms. The number of benzene rings is 2. The van der Waals surface area contributed by atoms with Gasteiger partial charge in [0.25, 0.3) is 0 Å². The lowest BCUT2D eigenvalue weighted by molar-refractivity contribution is -0.130. The molecule has 0 amide bonds. The van der Waals surface area contributed by atoms with Crippen molar-refractivity contribution in [2.24, 2.45) is 0 Å². The fourth-order valence-corrected chi connectivity index (χ4v) is 3.58. The minimum absolute atomic E-state index is 0.000767. The van der Waals surface area contributed by atoms with Crippen molar-refractivity contribution in [3.8, 4) is 0 Å². The van der Waals surface area contributed by atoms with Crippen LogP contribution in [0.5, 0.6) is 0 Å². The minimum atomic E-state index is -0.244. The summed E-state index contributed by atoms with van der Waals surface area (Å²) in [5, 5.41) is 3.14. The van der Waals surface area contributed by atoms with Gasteiger partial charge >= 0.3 is 0 Å². The van der Waals surface area contributed by atoms with Crippen LogP contribution in [-0.4, -0.2) is 11.6 Å². The number of hydrogen-bond acceptors (Lipinski definition) is 3.